The molecule has 0 spiro atoms. The van der Waals surface area contributed by atoms with Crippen LogP contribution < -0.4 is 0 Å². The molecule has 0 saturated carbocycles. The van der Waals surface area contributed by atoms with E-state index in [2.05, 4.69) is 15.9 Å². The van der Waals surface area contributed by atoms with Gasteiger partial charge in [-0.05, 0) is 30.8 Å². The van der Waals surface area contributed by atoms with E-state index in [1.807, 2.05) is 30.1 Å². The number of aliphatic hydroxyl groups excluding tert-OH is 1. The van der Waals surface area contributed by atoms with E-state index in [1.54, 1.807) is 0 Å². The lowest BCUT2D eigenvalue weighted by molar-refractivity contribution is 0.217. The summed E-state index contributed by atoms with van der Waals surface area (Å²) in [7, 11) is 1.95. The SMILES string of the molecule is CN(CCO)Cc1cc(Br)ccc1Cl. The summed E-state index contributed by atoms with van der Waals surface area (Å²) in [5, 5.41) is 9.52. The van der Waals surface area contributed by atoms with E-state index in [1.165, 1.54) is 0 Å². The van der Waals surface area contributed by atoms with E-state index in [0.29, 0.717) is 6.54 Å². The van der Waals surface area contributed by atoms with Crippen LogP contribution in [0, 0.1) is 0 Å². The largest absolute Gasteiger partial charge is 0.395 e. The summed E-state index contributed by atoms with van der Waals surface area (Å²) in [6.45, 7) is 1.57. The zero-order chi connectivity index (χ0) is 10.6. The van der Waals surface area contributed by atoms with Crippen LogP contribution in [0.4, 0.5) is 0 Å². The van der Waals surface area contributed by atoms with Crippen LogP contribution in [0.3, 0.4) is 0 Å². The average molecular weight is 279 g/mol. The molecule has 0 fully saturated rings. The molecule has 1 N–H and O–H groups in total. The summed E-state index contributed by atoms with van der Waals surface area (Å²) < 4.78 is 1.02. The minimum absolute atomic E-state index is 0.169. The van der Waals surface area contributed by atoms with Crippen LogP contribution in [0.1, 0.15) is 5.56 Å². The van der Waals surface area contributed by atoms with Crippen molar-refractivity contribution in [3.05, 3.63) is 33.3 Å². The Morgan fingerprint density at radius 1 is 1.50 bits per heavy atom. The highest BCUT2D eigenvalue weighted by molar-refractivity contribution is 9.10. The van der Waals surface area contributed by atoms with Crippen molar-refractivity contribution in [2.75, 3.05) is 20.2 Å². The Labute approximate surface area is 97.6 Å². The van der Waals surface area contributed by atoms with Crippen LogP contribution in [0.25, 0.3) is 0 Å². The molecule has 4 heteroatoms. The molecule has 1 aromatic carbocycles. The van der Waals surface area contributed by atoms with Gasteiger partial charge in [-0.15, -0.1) is 0 Å². The number of rotatable bonds is 4. The van der Waals surface area contributed by atoms with Crippen LogP contribution >= 0.6 is 27.5 Å². The second-order valence-corrected chi connectivity index (χ2v) is 4.52. The predicted octanol–water partition coefficient (Wildman–Crippen LogP) is 2.53. The monoisotopic (exact) mass is 277 g/mol. The Morgan fingerprint density at radius 3 is 2.86 bits per heavy atom. The van der Waals surface area contributed by atoms with E-state index < -0.39 is 0 Å². The number of hydrogen-bond donors (Lipinski definition) is 1. The van der Waals surface area contributed by atoms with Gasteiger partial charge < -0.3 is 5.11 Å². The van der Waals surface area contributed by atoms with Crippen molar-refractivity contribution >= 4 is 27.5 Å². The summed E-state index contributed by atoms with van der Waals surface area (Å²) in [5.41, 5.74) is 1.07. The van der Waals surface area contributed by atoms with Crippen LogP contribution in [0.15, 0.2) is 22.7 Å². The molecule has 0 saturated heterocycles. The minimum atomic E-state index is 0.169. The Bertz CT molecular complexity index is 306. The summed E-state index contributed by atoms with van der Waals surface area (Å²) in [6, 6.07) is 5.78. The van der Waals surface area contributed by atoms with Gasteiger partial charge in [0.2, 0.25) is 0 Å². The lowest BCUT2D eigenvalue weighted by Gasteiger charge is -2.16. The van der Waals surface area contributed by atoms with Crippen molar-refractivity contribution in [1.29, 1.82) is 0 Å². The van der Waals surface area contributed by atoms with Gasteiger partial charge in [0.15, 0.2) is 0 Å². The molecule has 1 aromatic rings. The van der Waals surface area contributed by atoms with Crippen LogP contribution in [-0.2, 0) is 6.54 Å². The summed E-state index contributed by atoms with van der Waals surface area (Å²) in [5.74, 6) is 0. The third-order valence-corrected chi connectivity index (χ3v) is 2.79. The number of nitrogens with zero attached hydrogens (tertiary/aromatic N) is 1. The fourth-order valence-corrected chi connectivity index (χ4v) is 1.79. The molecular formula is C10H13BrClNO. The van der Waals surface area contributed by atoms with Crippen molar-refractivity contribution in [1.82, 2.24) is 4.90 Å². The molecule has 0 atom stereocenters. The number of aliphatic hydroxyl groups is 1. The van der Waals surface area contributed by atoms with Gasteiger partial charge in [-0.3, -0.25) is 4.90 Å². The number of hydrogen-bond acceptors (Lipinski definition) is 2. The van der Waals surface area contributed by atoms with E-state index in [9.17, 15) is 0 Å². The van der Waals surface area contributed by atoms with Gasteiger partial charge in [0.1, 0.15) is 0 Å². The lowest BCUT2D eigenvalue weighted by atomic mass is 10.2. The molecular weight excluding hydrogens is 265 g/mol. The molecule has 0 radical (unpaired) electrons. The molecule has 0 heterocycles. The van der Waals surface area contributed by atoms with E-state index in [0.717, 1.165) is 21.6 Å². The Kier molecular flexibility index (Phi) is 4.89. The molecule has 0 aromatic heterocycles. The first-order valence-electron chi connectivity index (χ1n) is 4.37. The molecule has 14 heavy (non-hydrogen) atoms. The highest BCUT2D eigenvalue weighted by Gasteiger charge is 2.04. The summed E-state index contributed by atoms with van der Waals surface area (Å²) in [6.07, 6.45) is 0. The fraction of sp³-hybridized carbons (Fsp3) is 0.400. The fourth-order valence-electron chi connectivity index (χ4n) is 1.21. The lowest BCUT2D eigenvalue weighted by Crippen LogP contribution is -2.21. The Hall–Kier alpha value is -0.0900. The van der Waals surface area contributed by atoms with Crippen LogP contribution in [-0.4, -0.2) is 30.2 Å². The van der Waals surface area contributed by atoms with Gasteiger partial charge in [-0.2, -0.15) is 0 Å². The van der Waals surface area contributed by atoms with E-state index in [4.69, 9.17) is 16.7 Å². The summed E-state index contributed by atoms with van der Waals surface area (Å²) in [4.78, 5) is 2.02. The van der Waals surface area contributed by atoms with Crippen molar-refractivity contribution in [2.45, 2.75) is 6.54 Å². The number of halogens is 2. The quantitative estimate of drug-likeness (QED) is 0.915. The van der Waals surface area contributed by atoms with Gasteiger partial charge >= 0.3 is 0 Å². The maximum atomic E-state index is 8.75. The molecule has 0 amide bonds. The molecule has 0 aliphatic heterocycles. The first-order chi connectivity index (χ1) is 6.63. The van der Waals surface area contributed by atoms with Gasteiger partial charge in [-0.25, -0.2) is 0 Å². The Morgan fingerprint density at radius 2 is 2.21 bits per heavy atom. The third kappa shape index (κ3) is 3.58. The second-order valence-electron chi connectivity index (χ2n) is 3.20. The highest BCUT2D eigenvalue weighted by atomic mass is 79.9. The van der Waals surface area contributed by atoms with Crippen LogP contribution in [0.5, 0.6) is 0 Å². The molecule has 0 bridgehead atoms. The maximum absolute atomic E-state index is 8.75. The highest BCUT2D eigenvalue weighted by Crippen LogP contribution is 2.21. The van der Waals surface area contributed by atoms with E-state index >= 15 is 0 Å². The first kappa shape index (κ1) is 12.0. The van der Waals surface area contributed by atoms with Crippen molar-refractivity contribution in [3.63, 3.8) is 0 Å². The molecule has 1 rings (SSSR count). The minimum Gasteiger partial charge on any atom is -0.395 e. The Balaban J connectivity index is 2.70. The van der Waals surface area contributed by atoms with Gasteiger partial charge in [-0.1, -0.05) is 27.5 Å². The van der Waals surface area contributed by atoms with Gasteiger partial charge in [0.25, 0.3) is 0 Å². The average Bonchev–Trinajstić information content (AvgIpc) is 2.12. The standard InChI is InChI=1S/C10H13BrClNO/c1-13(4-5-14)7-8-6-9(11)2-3-10(8)12/h2-3,6,14H,4-5,7H2,1H3. The predicted molar refractivity (Wildman–Crippen MR) is 62.6 cm³/mol. The zero-order valence-electron chi connectivity index (χ0n) is 8.00. The van der Waals surface area contributed by atoms with E-state index in [-0.39, 0.29) is 6.61 Å². The maximum Gasteiger partial charge on any atom is 0.0558 e. The smallest absolute Gasteiger partial charge is 0.0558 e. The molecule has 0 aliphatic rings. The van der Waals surface area contributed by atoms with Gasteiger partial charge in [0.05, 0.1) is 6.61 Å². The molecule has 0 unspecified atom stereocenters. The molecule has 2 nitrogen and oxygen atoms in total. The van der Waals surface area contributed by atoms with Crippen LogP contribution in [0.2, 0.25) is 5.02 Å². The molecule has 78 valence electrons. The normalized spacial score (nSPS) is 10.9. The third-order valence-electron chi connectivity index (χ3n) is 1.93. The first-order valence-corrected chi connectivity index (χ1v) is 5.54. The second kappa shape index (κ2) is 5.71. The van der Waals surface area contributed by atoms with Crippen molar-refractivity contribution in [3.8, 4) is 0 Å². The number of benzene rings is 1. The van der Waals surface area contributed by atoms with Gasteiger partial charge in [0, 0.05) is 22.6 Å². The topological polar surface area (TPSA) is 23.5 Å². The zero-order valence-corrected chi connectivity index (χ0v) is 10.3. The number of likely N-dealkylation sites (N-methyl/N-ethyl adjacent to an activating group) is 1. The van der Waals surface area contributed by atoms with Crippen molar-refractivity contribution in [2.24, 2.45) is 0 Å². The van der Waals surface area contributed by atoms with Crippen molar-refractivity contribution < 1.29 is 5.11 Å². The molecule has 0 aliphatic carbocycles. The summed E-state index contributed by atoms with van der Waals surface area (Å²) >= 11 is 9.43.